The Morgan fingerprint density at radius 1 is 1.36 bits per heavy atom. The van der Waals surface area contributed by atoms with Crippen LogP contribution >= 0.6 is 0 Å². The number of nitrogens with one attached hydrogen (secondary N) is 1. The minimum Gasteiger partial charge on any atom is -0.444 e. The third kappa shape index (κ3) is 2.25. The number of carbonyl (C=O) groups excluding carboxylic acids is 2. The number of hydrogen-bond acceptors (Lipinski definition) is 3. The van der Waals surface area contributed by atoms with Crippen molar-refractivity contribution in [1.29, 1.82) is 0 Å². The van der Waals surface area contributed by atoms with Crippen LogP contribution in [0.25, 0.3) is 0 Å². The Labute approximate surface area is 130 Å². The van der Waals surface area contributed by atoms with Gasteiger partial charge in [-0.2, -0.15) is 0 Å². The molecule has 5 heteroatoms. The van der Waals surface area contributed by atoms with Crippen molar-refractivity contribution in [3.8, 4) is 0 Å². The molecule has 1 N–H and O–H groups in total. The Balaban J connectivity index is 1.89. The summed E-state index contributed by atoms with van der Waals surface area (Å²) in [5, 5.41) is 2.96. The largest absolute Gasteiger partial charge is 0.444 e. The van der Waals surface area contributed by atoms with E-state index in [4.69, 9.17) is 4.74 Å². The number of rotatable bonds is 0. The zero-order valence-electron chi connectivity index (χ0n) is 13.5. The summed E-state index contributed by atoms with van der Waals surface area (Å²) in [4.78, 5) is 26.5. The minimum atomic E-state index is -0.627. The van der Waals surface area contributed by atoms with Crippen molar-refractivity contribution in [3.05, 3.63) is 29.3 Å². The van der Waals surface area contributed by atoms with Crippen molar-refractivity contribution < 1.29 is 14.3 Å². The quantitative estimate of drug-likeness (QED) is 0.801. The summed E-state index contributed by atoms with van der Waals surface area (Å²) in [5.41, 5.74) is 1.83. The predicted molar refractivity (Wildman–Crippen MR) is 83.9 cm³/mol. The molecule has 2 aliphatic rings. The van der Waals surface area contributed by atoms with Crippen LogP contribution in [0.3, 0.4) is 0 Å². The van der Waals surface area contributed by atoms with Gasteiger partial charge in [-0.1, -0.05) is 12.1 Å². The van der Waals surface area contributed by atoms with Gasteiger partial charge in [0.25, 0.3) is 0 Å². The molecule has 2 amide bonds. The third-order valence-corrected chi connectivity index (χ3v) is 4.36. The van der Waals surface area contributed by atoms with Gasteiger partial charge in [0.15, 0.2) is 0 Å². The summed E-state index contributed by atoms with van der Waals surface area (Å²) in [6.45, 7) is 8.47. The lowest BCUT2D eigenvalue weighted by Crippen LogP contribution is -2.41. The van der Waals surface area contributed by atoms with Crippen molar-refractivity contribution >= 4 is 17.7 Å². The molecule has 1 atom stereocenters. The first-order chi connectivity index (χ1) is 10.2. The van der Waals surface area contributed by atoms with E-state index in [9.17, 15) is 9.59 Å². The SMILES string of the molecule is Cc1cccc2c1[C@]1(CCN(C(=O)OC(C)(C)C)C1)C(=O)N2. The van der Waals surface area contributed by atoms with Crippen molar-refractivity contribution in [3.63, 3.8) is 0 Å². The number of benzene rings is 1. The molecule has 1 spiro atoms. The summed E-state index contributed by atoms with van der Waals surface area (Å²) >= 11 is 0. The molecule has 3 rings (SSSR count). The highest BCUT2D eigenvalue weighted by Crippen LogP contribution is 2.45. The number of nitrogens with zero attached hydrogens (tertiary/aromatic N) is 1. The second kappa shape index (κ2) is 4.73. The van der Waals surface area contributed by atoms with Crippen LogP contribution in [0.2, 0.25) is 0 Å². The molecule has 2 aliphatic heterocycles. The first-order valence-electron chi connectivity index (χ1n) is 7.62. The standard InChI is InChI=1S/C17H22N2O3/c1-11-6-5-7-12-13(11)17(14(20)18-12)8-9-19(10-17)15(21)22-16(2,3)4/h5-7H,8-10H2,1-4H3,(H,18,20)/t17-/m1/s1. The van der Waals surface area contributed by atoms with E-state index in [0.29, 0.717) is 19.5 Å². The second-order valence-electron chi connectivity index (χ2n) is 7.19. The first-order valence-corrected chi connectivity index (χ1v) is 7.62. The van der Waals surface area contributed by atoms with Gasteiger partial charge in [0.2, 0.25) is 5.91 Å². The number of hydrogen-bond donors (Lipinski definition) is 1. The molecule has 5 nitrogen and oxygen atoms in total. The number of aryl methyl sites for hydroxylation is 1. The van der Waals surface area contributed by atoms with Crippen LogP contribution in [0.4, 0.5) is 10.5 Å². The van der Waals surface area contributed by atoms with Gasteiger partial charge in [0, 0.05) is 18.8 Å². The summed E-state index contributed by atoms with van der Waals surface area (Å²) in [7, 11) is 0. The number of anilines is 1. The molecule has 1 aromatic rings. The number of carbonyl (C=O) groups is 2. The molecule has 0 saturated carbocycles. The zero-order chi connectivity index (χ0) is 16.1. The number of likely N-dealkylation sites (tertiary alicyclic amines) is 1. The highest BCUT2D eigenvalue weighted by Gasteiger charge is 2.53. The first kappa shape index (κ1) is 14.9. The minimum absolute atomic E-state index is 0.0112. The fraction of sp³-hybridized carbons (Fsp3) is 0.529. The van der Waals surface area contributed by atoms with Gasteiger partial charge in [-0.15, -0.1) is 0 Å². The molecule has 1 fully saturated rings. The summed E-state index contributed by atoms with van der Waals surface area (Å²) in [5.74, 6) is -0.0112. The molecular weight excluding hydrogens is 280 g/mol. The Bertz CT molecular complexity index is 648. The second-order valence-corrected chi connectivity index (χ2v) is 7.19. The van der Waals surface area contributed by atoms with E-state index < -0.39 is 11.0 Å². The molecule has 0 bridgehead atoms. The lowest BCUT2D eigenvalue weighted by molar-refractivity contribution is -0.120. The maximum absolute atomic E-state index is 12.6. The summed E-state index contributed by atoms with van der Waals surface area (Å²) in [6, 6.07) is 5.87. The van der Waals surface area contributed by atoms with Crippen molar-refractivity contribution in [2.45, 2.75) is 45.1 Å². The van der Waals surface area contributed by atoms with Gasteiger partial charge in [-0.25, -0.2) is 4.79 Å². The Kier molecular flexibility index (Phi) is 3.20. The molecule has 1 saturated heterocycles. The van der Waals surface area contributed by atoms with Crippen molar-refractivity contribution in [1.82, 2.24) is 4.90 Å². The molecule has 22 heavy (non-hydrogen) atoms. The van der Waals surface area contributed by atoms with Crippen LogP contribution in [0.15, 0.2) is 18.2 Å². The van der Waals surface area contributed by atoms with Gasteiger partial charge in [-0.3, -0.25) is 4.79 Å². The van der Waals surface area contributed by atoms with E-state index in [2.05, 4.69) is 5.32 Å². The van der Waals surface area contributed by atoms with Crippen LogP contribution in [0.5, 0.6) is 0 Å². The lowest BCUT2D eigenvalue weighted by Gasteiger charge is -2.26. The summed E-state index contributed by atoms with van der Waals surface area (Å²) in [6.07, 6.45) is 0.287. The molecule has 2 heterocycles. The molecule has 118 valence electrons. The summed E-state index contributed by atoms with van der Waals surface area (Å²) < 4.78 is 5.43. The number of fused-ring (bicyclic) bond motifs is 2. The van der Waals surface area contributed by atoms with Crippen LogP contribution < -0.4 is 5.32 Å². The molecule has 1 aromatic carbocycles. The molecular formula is C17H22N2O3. The topological polar surface area (TPSA) is 58.6 Å². The van der Waals surface area contributed by atoms with E-state index in [1.807, 2.05) is 45.9 Å². The fourth-order valence-corrected chi connectivity index (χ4v) is 3.44. The van der Waals surface area contributed by atoms with E-state index in [1.165, 1.54) is 0 Å². The molecule has 0 aromatic heterocycles. The van der Waals surface area contributed by atoms with Gasteiger partial charge in [0.1, 0.15) is 5.60 Å². The average molecular weight is 302 g/mol. The zero-order valence-corrected chi connectivity index (χ0v) is 13.5. The monoisotopic (exact) mass is 302 g/mol. The number of ether oxygens (including phenoxy) is 1. The average Bonchev–Trinajstić information content (AvgIpc) is 2.93. The van der Waals surface area contributed by atoms with Gasteiger partial charge in [-0.05, 0) is 51.3 Å². The molecule has 0 radical (unpaired) electrons. The molecule has 0 unspecified atom stereocenters. The lowest BCUT2D eigenvalue weighted by atomic mass is 9.79. The smallest absolute Gasteiger partial charge is 0.410 e. The third-order valence-electron chi connectivity index (χ3n) is 4.36. The van der Waals surface area contributed by atoms with E-state index in [-0.39, 0.29) is 12.0 Å². The van der Waals surface area contributed by atoms with Crippen LogP contribution in [-0.2, 0) is 14.9 Å². The van der Waals surface area contributed by atoms with Crippen molar-refractivity contribution in [2.75, 3.05) is 18.4 Å². The van der Waals surface area contributed by atoms with Gasteiger partial charge >= 0.3 is 6.09 Å². The maximum atomic E-state index is 12.6. The normalized spacial score (nSPS) is 23.6. The van der Waals surface area contributed by atoms with Crippen LogP contribution in [0, 0.1) is 6.92 Å². The van der Waals surface area contributed by atoms with Crippen molar-refractivity contribution in [2.24, 2.45) is 0 Å². The maximum Gasteiger partial charge on any atom is 0.410 e. The Morgan fingerprint density at radius 3 is 2.77 bits per heavy atom. The predicted octanol–water partition coefficient (Wildman–Crippen LogP) is 2.83. The van der Waals surface area contributed by atoms with Crippen LogP contribution in [0.1, 0.15) is 38.3 Å². The highest BCUT2D eigenvalue weighted by molar-refractivity contribution is 6.07. The number of amides is 2. The Hall–Kier alpha value is -2.04. The highest BCUT2D eigenvalue weighted by atomic mass is 16.6. The van der Waals surface area contributed by atoms with Crippen LogP contribution in [-0.4, -0.2) is 35.6 Å². The Morgan fingerprint density at radius 2 is 2.09 bits per heavy atom. The van der Waals surface area contributed by atoms with Gasteiger partial charge in [0.05, 0.1) is 5.41 Å². The van der Waals surface area contributed by atoms with E-state index in [0.717, 1.165) is 16.8 Å². The van der Waals surface area contributed by atoms with Gasteiger partial charge < -0.3 is 15.0 Å². The fourth-order valence-electron chi connectivity index (χ4n) is 3.44. The van der Waals surface area contributed by atoms with E-state index in [1.54, 1.807) is 4.90 Å². The molecule has 0 aliphatic carbocycles. The van der Waals surface area contributed by atoms with E-state index >= 15 is 0 Å².